The van der Waals surface area contributed by atoms with Crippen LogP contribution in [0.25, 0.3) is 33.7 Å². The second-order valence-corrected chi connectivity index (χ2v) is 9.03. The number of carbonyl (C=O) groups is 2. The monoisotopic (exact) mass is 546 g/mol. The molecule has 1 saturated heterocycles. The van der Waals surface area contributed by atoms with Crippen molar-refractivity contribution < 1.29 is 37.4 Å². The first-order chi connectivity index (χ1) is 18.3. The number of halogens is 3. The Hall–Kier alpha value is -4.62. The maximum atomic E-state index is 11.6. The van der Waals surface area contributed by atoms with Crippen LogP contribution in [0.15, 0.2) is 41.2 Å². The number of anilines is 1. The summed E-state index contributed by atoms with van der Waals surface area (Å²) in [4.78, 5) is 31.1. The lowest BCUT2D eigenvalue weighted by Crippen LogP contribution is -2.37. The predicted octanol–water partition coefficient (Wildman–Crippen LogP) is 4.17. The zero-order chi connectivity index (χ0) is 28.5. The minimum atomic E-state index is -5.08. The topological polar surface area (TPSA) is 161 Å². The molecule has 4 N–H and O–H groups in total. The van der Waals surface area contributed by atoms with Crippen LogP contribution in [0.2, 0.25) is 0 Å². The van der Waals surface area contributed by atoms with Crippen molar-refractivity contribution in [3.8, 4) is 28.3 Å². The number of amides is 1. The van der Waals surface area contributed by atoms with Crippen LogP contribution in [-0.4, -0.2) is 66.0 Å². The number of aromatic hydroxyl groups is 1. The number of alkyl halides is 3. The van der Waals surface area contributed by atoms with Gasteiger partial charge in [-0.1, -0.05) is 0 Å². The first-order valence-electron chi connectivity index (χ1n) is 11.8. The number of piperidine rings is 1. The van der Waals surface area contributed by atoms with Crippen LogP contribution in [-0.2, 0) is 9.59 Å². The molecule has 11 nitrogen and oxygen atoms in total. The van der Waals surface area contributed by atoms with Gasteiger partial charge in [0.1, 0.15) is 17.1 Å². The van der Waals surface area contributed by atoms with Gasteiger partial charge in [0.05, 0.1) is 17.8 Å². The summed E-state index contributed by atoms with van der Waals surface area (Å²) in [6.07, 6.45) is 2.18. The van der Waals surface area contributed by atoms with Gasteiger partial charge >= 0.3 is 12.1 Å². The molecule has 5 rings (SSSR count). The summed E-state index contributed by atoms with van der Waals surface area (Å²) in [5, 5.41) is 21.6. The second kappa shape index (κ2) is 10.6. The van der Waals surface area contributed by atoms with E-state index in [0.717, 1.165) is 37.1 Å². The molecule has 4 aromatic rings. The molecule has 1 fully saturated rings. The van der Waals surface area contributed by atoms with Crippen LogP contribution in [0.1, 0.15) is 31.4 Å². The molecule has 1 aliphatic rings. The van der Waals surface area contributed by atoms with Gasteiger partial charge in [-0.3, -0.25) is 9.48 Å². The molecule has 0 atom stereocenters. The zero-order valence-electron chi connectivity index (χ0n) is 20.9. The number of aryl methyl sites for hydroxylation is 1. The predicted molar refractivity (Wildman–Crippen MR) is 133 cm³/mol. The van der Waals surface area contributed by atoms with Gasteiger partial charge in [0.25, 0.3) is 0 Å². The third kappa shape index (κ3) is 6.10. The number of rotatable bonds is 3. The van der Waals surface area contributed by atoms with Crippen molar-refractivity contribution >= 4 is 28.8 Å². The highest BCUT2D eigenvalue weighted by Crippen LogP contribution is 2.33. The van der Waals surface area contributed by atoms with E-state index in [1.165, 1.54) is 0 Å². The Bertz CT molecular complexity index is 1480. The molecule has 1 aliphatic heterocycles. The number of benzene rings is 1. The first-order valence-corrected chi connectivity index (χ1v) is 11.8. The maximum Gasteiger partial charge on any atom is 0.490 e. The number of phenolic OH excluding ortho intramolecular Hbond substituents is 1. The van der Waals surface area contributed by atoms with Gasteiger partial charge in [-0.2, -0.15) is 18.3 Å². The second-order valence-electron chi connectivity index (χ2n) is 9.03. The molecule has 39 heavy (non-hydrogen) atoms. The molecule has 0 unspecified atom stereocenters. The van der Waals surface area contributed by atoms with Crippen molar-refractivity contribution in [1.29, 1.82) is 0 Å². The Morgan fingerprint density at radius 3 is 2.41 bits per heavy atom. The molecule has 0 radical (unpaired) electrons. The summed E-state index contributed by atoms with van der Waals surface area (Å²) in [6, 6.07) is 5.47. The number of fused-ring (bicyclic) bond motifs is 1. The Morgan fingerprint density at radius 1 is 1.13 bits per heavy atom. The lowest BCUT2D eigenvalue weighted by molar-refractivity contribution is -0.192. The smallest absolute Gasteiger partial charge is 0.490 e. The summed E-state index contributed by atoms with van der Waals surface area (Å²) in [6.45, 7) is 4.90. The Labute approximate surface area is 219 Å². The van der Waals surface area contributed by atoms with E-state index in [9.17, 15) is 23.1 Å². The van der Waals surface area contributed by atoms with Crippen molar-refractivity contribution in [3.63, 3.8) is 0 Å². The fourth-order valence-corrected chi connectivity index (χ4v) is 4.12. The molecule has 0 saturated carbocycles. The van der Waals surface area contributed by atoms with Crippen LogP contribution in [0, 0.1) is 6.92 Å². The molecule has 14 heteroatoms. The van der Waals surface area contributed by atoms with Crippen LogP contribution >= 0.6 is 0 Å². The number of likely N-dealkylation sites (tertiary alicyclic amines) is 1. The van der Waals surface area contributed by atoms with Crippen molar-refractivity contribution in [2.75, 3.05) is 18.8 Å². The Kier molecular flexibility index (Phi) is 7.47. The molecule has 206 valence electrons. The molecular formula is C25H25F3N6O5. The molecule has 1 aromatic carbocycles. The van der Waals surface area contributed by atoms with Crippen LogP contribution in [0.5, 0.6) is 5.75 Å². The Morgan fingerprint density at radius 2 is 1.79 bits per heavy atom. The quantitative estimate of drug-likeness (QED) is 0.343. The molecular weight excluding hydrogens is 521 g/mol. The summed E-state index contributed by atoms with van der Waals surface area (Å²) < 4.78 is 39.6. The van der Waals surface area contributed by atoms with Crippen molar-refractivity contribution in [1.82, 2.24) is 24.6 Å². The van der Waals surface area contributed by atoms with Crippen LogP contribution in [0.4, 0.5) is 19.0 Å². The van der Waals surface area contributed by atoms with E-state index in [2.05, 4.69) is 15.1 Å². The number of carboxylic acids is 1. The normalized spacial score (nSPS) is 14.2. The molecule has 3 aromatic heterocycles. The maximum absolute atomic E-state index is 11.6. The third-order valence-corrected chi connectivity index (χ3v) is 6.32. The fraction of sp³-hybridized carbons (Fsp3) is 0.320. The number of carbonyl (C=O) groups excluding carboxylic acids is 1. The summed E-state index contributed by atoms with van der Waals surface area (Å²) >= 11 is 0. The van der Waals surface area contributed by atoms with Gasteiger partial charge in [0.15, 0.2) is 5.58 Å². The zero-order valence-corrected chi connectivity index (χ0v) is 20.9. The van der Waals surface area contributed by atoms with E-state index in [0.29, 0.717) is 33.9 Å². The highest BCUT2D eigenvalue weighted by atomic mass is 19.4. The lowest BCUT2D eigenvalue weighted by Gasteiger charge is -2.31. The molecule has 0 spiro atoms. The minimum Gasteiger partial charge on any atom is -0.508 e. The van der Waals surface area contributed by atoms with E-state index in [1.807, 2.05) is 28.0 Å². The average Bonchev–Trinajstić information content (AvgIpc) is 3.52. The number of pyridine rings is 1. The number of nitrogen functional groups attached to an aromatic ring is 1. The number of aromatic nitrogens is 4. The van der Waals surface area contributed by atoms with Gasteiger partial charge < -0.3 is 25.3 Å². The number of oxazole rings is 1. The van der Waals surface area contributed by atoms with Crippen molar-refractivity contribution in [3.05, 3.63) is 42.4 Å². The van der Waals surface area contributed by atoms with Crippen molar-refractivity contribution in [2.45, 2.75) is 38.9 Å². The lowest BCUT2D eigenvalue weighted by atomic mass is 10.1. The van der Waals surface area contributed by atoms with E-state index >= 15 is 0 Å². The van der Waals surface area contributed by atoms with E-state index < -0.39 is 12.1 Å². The molecule has 0 bridgehead atoms. The van der Waals surface area contributed by atoms with Crippen LogP contribution < -0.4 is 5.73 Å². The SMILES string of the molecule is CC(=O)N1CCC(n2cc(-c3cnc(N)c(-c4nc5cc(O)c(C)cc5o4)c3)cn2)CC1.O=C(O)C(F)(F)F. The number of phenols is 1. The van der Waals surface area contributed by atoms with Crippen LogP contribution in [0.3, 0.4) is 0 Å². The number of aliphatic carboxylic acids is 1. The summed E-state index contributed by atoms with van der Waals surface area (Å²) in [5.41, 5.74) is 10.3. The van der Waals surface area contributed by atoms with Crippen molar-refractivity contribution in [2.24, 2.45) is 0 Å². The van der Waals surface area contributed by atoms with Gasteiger partial charge in [0, 0.05) is 49.6 Å². The minimum absolute atomic E-state index is 0.120. The number of nitrogens with two attached hydrogens (primary N) is 1. The molecule has 0 aliphatic carbocycles. The number of carboxylic acid groups (broad SMARTS) is 1. The third-order valence-electron chi connectivity index (χ3n) is 6.32. The molecule has 1 amide bonds. The Balaban J connectivity index is 0.000000448. The highest BCUT2D eigenvalue weighted by Gasteiger charge is 2.38. The fourth-order valence-electron chi connectivity index (χ4n) is 4.12. The van der Waals surface area contributed by atoms with Gasteiger partial charge in [0.2, 0.25) is 11.8 Å². The van der Waals surface area contributed by atoms with Gasteiger partial charge in [-0.25, -0.2) is 14.8 Å². The number of nitrogens with zero attached hydrogens (tertiary/aromatic N) is 5. The first kappa shape index (κ1) is 27.4. The number of hydrogen-bond acceptors (Lipinski definition) is 8. The van der Waals surface area contributed by atoms with E-state index in [1.54, 1.807) is 32.2 Å². The standard InChI is InChI=1S/C23H24N6O3.C2HF3O2/c1-13-7-21-19(9-20(13)31)27-23(32-21)18-8-15(10-25-22(18)24)16-11-26-29(12-16)17-3-5-28(6-4-17)14(2)30;3-2(4,5)1(6)7/h7-12,17,31H,3-6H2,1-2H3,(H2,24,25);(H,6,7). The molecule has 4 heterocycles. The largest absolute Gasteiger partial charge is 0.508 e. The summed E-state index contributed by atoms with van der Waals surface area (Å²) in [7, 11) is 0. The van der Waals surface area contributed by atoms with E-state index in [-0.39, 0.29) is 17.7 Å². The summed E-state index contributed by atoms with van der Waals surface area (Å²) in [5.74, 6) is -1.81. The highest BCUT2D eigenvalue weighted by molar-refractivity contribution is 5.82. The van der Waals surface area contributed by atoms with Gasteiger partial charge in [-0.05, 0) is 37.5 Å². The van der Waals surface area contributed by atoms with E-state index in [4.69, 9.17) is 20.1 Å². The van der Waals surface area contributed by atoms with Gasteiger partial charge in [-0.15, -0.1) is 0 Å². The average molecular weight is 547 g/mol. The number of hydrogen-bond donors (Lipinski definition) is 3.